The van der Waals surface area contributed by atoms with Crippen LogP contribution in [0.2, 0.25) is 0 Å². The molecule has 3 nitrogen and oxygen atoms in total. The topological polar surface area (TPSA) is 36.8 Å². The number of hydrazone groups is 1. The van der Waals surface area contributed by atoms with Crippen molar-refractivity contribution in [1.29, 1.82) is 0 Å². The number of amidine groups is 1. The lowest BCUT2D eigenvalue weighted by atomic mass is 10.0. The standard InChI is InChI=1S/C18H14F3N3S/c19-18(20,21)10-22-17-24-23-16(9-25-17)12-5-6-15-13(8-12)7-11-3-1-2-4-14(11)15/h1-6,8H,7,9-10H2,(H,22,24). The average Bonchev–Trinajstić information content (AvgIpc) is 2.97. The second-order valence-electron chi connectivity index (χ2n) is 5.90. The molecule has 1 heterocycles. The van der Waals surface area contributed by atoms with Crippen LogP contribution in [0.25, 0.3) is 11.1 Å². The Morgan fingerprint density at radius 3 is 2.64 bits per heavy atom. The molecule has 4 rings (SSSR count). The number of nitrogens with zero attached hydrogens (tertiary/aromatic N) is 2. The number of nitrogens with one attached hydrogen (secondary N) is 1. The molecule has 2 aliphatic rings. The number of halogens is 3. The zero-order valence-electron chi connectivity index (χ0n) is 13.1. The number of hydrogen-bond acceptors (Lipinski definition) is 3. The van der Waals surface area contributed by atoms with Crippen molar-refractivity contribution in [2.75, 3.05) is 12.3 Å². The monoisotopic (exact) mass is 361 g/mol. The van der Waals surface area contributed by atoms with Gasteiger partial charge in [-0.05, 0) is 40.3 Å². The fourth-order valence-corrected chi connectivity index (χ4v) is 3.80. The number of rotatable bonds is 2. The molecule has 0 spiro atoms. The normalized spacial score (nSPS) is 17.7. The fraction of sp³-hybridized carbons (Fsp3) is 0.222. The summed E-state index contributed by atoms with van der Waals surface area (Å²) in [5, 5.41) is 4.41. The lowest BCUT2D eigenvalue weighted by molar-refractivity contribution is -0.118. The third kappa shape index (κ3) is 3.42. The van der Waals surface area contributed by atoms with Crippen molar-refractivity contribution in [2.45, 2.75) is 12.6 Å². The zero-order valence-corrected chi connectivity index (χ0v) is 13.9. The van der Waals surface area contributed by atoms with E-state index in [-0.39, 0.29) is 5.17 Å². The summed E-state index contributed by atoms with van der Waals surface area (Å²) in [6.45, 7) is -1.19. The highest BCUT2D eigenvalue weighted by molar-refractivity contribution is 8.14. The summed E-state index contributed by atoms with van der Waals surface area (Å²) in [4.78, 5) is 3.50. The van der Waals surface area contributed by atoms with Crippen LogP contribution in [0.1, 0.15) is 16.7 Å². The first-order chi connectivity index (χ1) is 12.0. The minimum Gasteiger partial charge on any atom is -0.256 e. The van der Waals surface area contributed by atoms with Crippen LogP contribution in [0.3, 0.4) is 0 Å². The van der Waals surface area contributed by atoms with Gasteiger partial charge in [0.15, 0.2) is 5.17 Å². The van der Waals surface area contributed by atoms with Gasteiger partial charge in [0.2, 0.25) is 0 Å². The Labute approximate surface area is 147 Å². The van der Waals surface area contributed by atoms with Crippen molar-refractivity contribution in [1.82, 2.24) is 5.43 Å². The number of hydrogen-bond donors (Lipinski definition) is 1. The second kappa shape index (κ2) is 6.22. The van der Waals surface area contributed by atoms with Gasteiger partial charge in [-0.1, -0.05) is 48.2 Å². The first kappa shape index (κ1) is 16.2. The minimum absolute atomic E-state index is 0.203. The number of alkyl halides is 3. The molecule has 0 saturated heterocycles. The largest absolute Gasteiger partial charge is 0.408 e. The van der Waals surface area contributed by atoms with Crippen LogP contribution in [-0.2, 0) is 6.42 Å². The van der Waals surface area contributed by atoms with Crippen molar-refractivity contribution in [3.63, 3.8) is 0 Å². The molecule has 0 amide bonds. The first-order valence-corrected chi connectivity index (χ1v) is 8.76. The molecule has 0 saturated carbocycles. The Morgan fingerprint density at radius 2 is 1.88 bits per heavy atom. The molecule has 1 aliphatic carbocycles. The number of thioether (sulfide) groups is 1. The van der Waals surface area contributed by atoms with Crippen molar-refractivity contribution < 1.29 is 13.2 Å². The van der Waals surface area contributed by atoms with Crippen LogP contribution in [0.4, 0.5) is 13.2 Å². The molecule has 0 fully saturated rings. The van der Waals surface area contributed by atoms with Gasteiger partial charge in [0.05, 0.1) is 5.71 Å². The van der Waals surface area contributed by atoms with Crippen LogP contribution in [0.15, 0.2) is 52.6 Å². The molecule has 2 aromatic carbocycles. The Kier molecular flexibility index (Phi) is 4.03. The Hall–Kier alpha value is -2.28. The number of fused-ring (bicyclic) bond motifs is 3. The molecule has 0 atom stereocenters. The second-order valence-corrected chi connectivity index (χ2v) is 6.87. The van der Waals surface area contributed by atoms with E-state index in [2.05, 4.69) is 39.8 Å². The molecule has 128 valence electrons. The predicted molar refractivity (Wildman–Crippen MR) is 95.2 cm³/mol. The molecule has 0 radical (unpaired) electrons. The lowest BCUT2D eigenvalue weighted by Crippen LogP contribution is -2.27. The van der Waals surface area contributed by atoms with Crippen LogP contribution < -0.4 is 5.43 Å². The molecular weight excluding hydrogens is 347 g/mol. The summed E-state index contributed by atoms with van der Waals surface area (Å²) in [6.07, 6.45) is -3.40. The highest BCUT2D eigenvalue weighted by Gasteiger charge is 2.27. The molecule has 0 bridgehead atoms. The van der Waals surface area contributed by atoms with Gasteiger partial charge >= 0.3 is 6.18 Å². The smallest absolute Gasteiger partial charge is 0.256 e. The molecule has 1 aliphatic heterocycles. The molecule has 25 heavy (non-hydrogen) atoms. The molecule has 0 aromatic heterocycles. The Bertz CT molecular complexity index is 887. The van der Waals surface area contributed by atoms with E-state index in [1.54, 1.807) is 0 Å². The summed E-state index contributed by atoms with van der Waals surface area (Å²) < 4.78 is 36.6. The molecule has 1 N–H and O–H groups in total. The van der Waals surface area contributed by atoms with E-state index < -0.39 is 12.7 Å². The van der Waals surface area contributed by atoms with Gasteiger partial charge in [0, 0.05) is 5.75 Å². The molecule has 2 aromatic rings. The highest BCUT2D eigenvalue weighted by Crippen LogP contribution is 2.37. The van der Waals surface area contributed by atoms with Gasteiger partial charge in [0.1, 0.15) is 6.54 Å². The summed E-state index contributed by atoms with van der Waals surface area (Å²) in [6, 6.07) is 14.6. The van der Waals surface area contributed by atoms with Gasteiger partial charge in [-0.25, -0.2) is 0 Å². The third-order valence-electron chi connectivity index (χ3n) is 4.16. The zero-order chi connectivity index (χ0) is 17.4. The van der Waals surface area contributed by atoms with E-state index in [9.17, 15) is 13.2 Å². The average molecular weight is 361 g/mol. The van der Waals surface area contributed by atoms with Crippen molar-refractivity contribution >= 4 is 22.6 Å². The van der Waals surface area contributed by atoms with Crippen molar-refractivity contribution in [2.24, 2.45) is 10.1 Å². The van der Waals surface area contributed by atoms with Crippen LogP contribution in [0, 0.1) is 0 Å². The number of benzene rings is 2. The van der Waals surface area contributed by atoms with E-state index in [1.807, 2.05) is 18.2 Å². The first-order valence-electron chi connectivity index (χ1n) is 7.78. The Balaban J connectivity index is 1.53. The molecular formula is C18H14F3N3S. The van der Waals surface area contributed by atoms with Crippen LogP contribution in [0.5, 0.6) is 0 Å². The van der Waals surface area contributed by atoms with Crippen LogP contribution >= 0.6 is 11.8 Å². The Morgan fingerprint density at radius 1 is 1.08 bits per heavy atom. The minimum atomic E-state index is -4.30. The summed E-state index contributed by atoms with van der Waals surface area (Å²) in [7, 11) is 0. The van der Waals surface area contributed by atoms with Crippen LogP contribution in [-0.4, -0.2) is 29.4 Å². The maximum atomic E-state index is 12.2. The summed E-state index contributed by atoms with van der Waals surface area (Å²) >= 11 is 1.24. The SMILES string of the molecule is FC(F)(F)CN=C1NN=C(c2ccc3c(c2)Cc2ccccc2-3)CS1. The van der Waals surface area contributed by atoms with E-state index in [1.165, 1.54) is 34.0 Å². The summed E-state index contributed by atoms with van der Waals surface area (Å²) in [5.41, 5.74) is 9.50. The van der Waals surface area contributed by atoms with Crippen molar-refractivity contribution in [3.05, 3.63) is 59.2 Å². The third-order valence-corrected chi connectivity index (χ3v) is 5.07. The molecule has 7 heteroatoms. The van der Waals surface area contributed by atoms with E-state index >= 15 is 0 Å². The lowest BCUT2D eigenvalue weighted by Gasteiger charge is -2.16. The van der Waals surface area contributed by atoms with Gasteiger partial charge in [-0.15, -0.1) is 0 Å². The van der Waals surface area contributed by atoms with Gasteiger partial charge in [-0.2, -0.15) is 18.3 Å². The predicted octanol–water partition coefficient (Wildman–Crippen LogP) is 4.22. The van der Waals surface area contributed by atoms with E-state index in [0.29, 0.717) is 5.75 Å². The van der Waals surface area contributed by atoms with Gasteiger partial charge in [0.25, 0.3) is 0 Å². The van der Waals surface area contributed by atoms with Gasteiger partial charge in [-0.3, -0.25) is 10.4 Å². The van der Waals surface area contributed by atoms with Crippen molar-refractivity contribution in [3.8, 4) is 11.1 Å². The maximum Gasteiger partial charge on any atom is 0.408 e. The fourth-order valence-electron chi connectivity index (χ4n) is 3.03. The quantitative estimate of drug-likeness (QED) is 0.742. The van der Waals surface area contributed by atoms with E-state index in [4.69, 9.17) is 0 Å². The highest BCUT2D eigenvalue weighted by atomic mass is 32.2. The maximum absolute atomic E-state index is 12.2. The summed E-state index contributed by atoms with van der Waals surface area (Å²) in [5.74, 6) is 0.495. The van der Waals surface area contributed by atoms with Gasteiger partial charge < -0.3 is 0 Å². The van der Waals surface area contributed by atoms with E-state index in [0.717, 1.165) is 17.7 Å². The molecule has 0 unspecified atom stereocenters. The number of aliphatic imine (C=N–C) groups is 1.